The van der Waals surface area contributed by atoms with E-state index in [1.54, 1.807) is 6.07 Å². The molecule has 0 aliphatic carbocycles. The molecule has 4 aromatic rings. The molecule has 0 fully saturated rings. The fraction of sp³-hybridized carbons (Fsp3) is 0.0833. The summed E-state index contributed by atoms with van der Waals surface area (Å²) in [5.41, 5.74) is 3.98. The van der Waals surface area contributed by atoms with Gasteiger partial charge in [-0.25, -0.2) is 4.98 Å². The van der Waals surface area contributed by atoms with Crippen molar-refractivity contribution in [1.82, 2.24) is 4.98 Å². The van der Waals surface area contributed by atoms with Gasteiger partial charge in [0.1, 0.15) is 5.75 Å². The third-order valence-corrected chi connectivity index (χ3v) is 4.43. The van der Waals surface area contributed by atoms with Gasteiger partial charge in [-0.3, -0.25) is 4.79 Å². The van der Waals surface area contributed by atoms with Crippen molar-refractivity contribution >= 4 is 22.5 Å². The highest BCUT2D eigenvalue weighted by Gasteiger charge is 2.12. The summed E-state index contributed by atoms with van der Waals surface area (Å²) in [5, 5.41) is 3.73. The molecule has 0 aliphatic heterocycles. The van der Waals surface area contributed by atoms with E-state index >= 15 is 0 Å². The summed E-state index contributed by atoms with van der Waals surface area (Å²) >= 11 is 0. The van der Waals surface area contributed by atoms with E-state index in [-0.39, 0.29) is 5.91 Å². The van der Waals surface area contributed by atoms with Crippen molar-refractivity contribution in [2.45, 2.75) is 6.92 Å². The van der Waals surface area contributed by atoms with Crippen LogP contribution >= 0.6 is 0 Å². The number of ether oxygens (including phenoxy) is 1. The van der Waals surface area contributed by atoms with Crippen molar-refractivity contribution < 1.29 is 9.53 Å². The molecule has 0 bridgehead atoms. The Balaban J connectivity index is 1.74. The lowest BCUT2D eigenvalue weighted by atomic mass is 10.1. The number of hydrogen-bond acceptors (Lipinski definition) is 3. The van der Waals surface area contributed by atoms with Gasteiger partial charge in [-0.15, -0.1) is 0 Å². The maximum atomic E-state index is 12.6. The quantitative estimate of drug-likeness (QED) is 0.502. The van der Waals surface area contributed by atoms with Gasteiger partial charge in [0.15, 0.2) is 0 Å². The normalized spacial score (nSPS) is 10.6. The van der Waals surface area contributed by atoms with Gasteiger partial charge in [-0.1, -0.05) is 48.5 Å². The van der Waals surface area contributed by atoms with E-state index in [0.29, 0.717) is 12.2 Å². The summed E-state index contributed by atoms with van der Waals surface area (Å²) in [6.45, 7) is 2.48. The van der Waals surface area contributed by atoms with Gasteiger partial charge in [-0.05, 0) is 37.3 Å². The van der Waals surface area contributed by atoms with Gasteiger partial charge in [-0.2, -0.15) is 0 Å². The molecular weight excluding hydrogens is 348 g/mol. The van der Waals surface area contributed by atoms with E-state index in [9.17, 15) is 4.79 Å². The second kappa shape index (κ2) is 7.92. The molecule has 0 spiro atoms. The number of benzene rings is 3. The molecule has 4 rings (SSSR count). The van der Waals surface area contributed by atoms with Crippen LogP contribution in [0, 0.1) is 0 Å². The Morgan fingerprint density at radius 3 is 2.36 bits per heavy atom. The third kappa shape index (κ3) is 3.71. The van der Waals surface area contributed by atoms with Crippen molar-refractivity contribution in [2.24, 2.45) is 0 Å². The molecule has 1 N–H and O–H groups in total. The zero-order chi connectivity index (χ0) is 19.3. The maximum absolute atomic E-state index is 12.6. The van der Waals surface area contributed by atoms with Crippen LogP contribution in [0.25, 0.3) is 22.2 Å². The number of pyridine rings is 1. The van der Waals surface area contributed by atoms with Crippen LogP contribution in [0.15, 0.2) is 84.9 Å². The highest BCUT2D eigenvalue weighted by molar-refractivity contribution is 6.06. The molecule has 1 amide bonds. The van der Waals surface area contributed by atoms with Crippen LogP contribution in [-0.2, 0) is 0 Å². The fourth-order valence-corrected chi connectivity index (χ4v) is 3.09. The van der Waals surface area contributed by atoms with Crippen LogP contribution in [0.5, 0.6) is 5.75 Å². The first-order valence-electron chi connectivity index (χ1n) is 9.24. The van der Waals surface area contributed by atoms with Gasteiger partial charge in [0.2, 0.25) is 0 Å². The third-order valence-electron chi connectivity index (χ3n) is 4.43. The lowest BCUT2D eigenvalue weighted by molar-refractivity contribution is 0.102. The first kappa shape index (κ1) is 17.7. The van der Waals surface area contributed by atoms with Crippen molar-refractivity contribution in [1.29, 1.82) is 0 Å². The molecule has 4 heteroatoms. The minimum Gasteiger partial charge on any atom is -0.493 e. The largest absolute Gasteiger partial charge is 0.493 e. The van der Waals surface area contributed by atoms with Crippen molar-refractivity contribution in [2.75, 3.05) is 11.9 Å². The monoisotopic (exact) mass is 368 g/mol. The summed E-state index contributed by atoms with van der Waals surface area (Å²) in [7, 11) is 0. The van der Waals surface area contributed by atoms with E-state index < -0.39 is 0 Å². The van der Waals surface area contributed by atoms with E-state index in [1.807, 2.05) is 85.8 Å². The molecule has 3 aromatic carbocycles. The Hall–Kier alpha value is -3.66. The highest BCUT2D eigenvalue weighted by Crippen LogP contribution is 2.31. The molecule has 0 unspecified atom stereocenters. The highest BCUT2D eigenvalue weighted by atomic mass is 16.5. The molecule has 4 nitrogen and oxygen atoms in total. The number of aromatic nitrogens is 1. The molecule has 0 saturated carbocycles. The van der Waals surface area contributed by atoms with E-state index in [0.717, 1.165) is 33.6 Å². The summed E-state index contributed by atoms with van der Waals surface area (Å²) in [6.07, 6.45) is 0. The first-order chi connectivity index (χ1) is 13.7. The van der Waals surface area contributed by atoms with E-state index in [2.05, 4.69) is 5.32 Å². The smallest absolute Gasteiger partial charge is 0.255 e. The minimum absolute atomic E-state index is 0.164. The molecule has 1 aromatic heterocycles. The van der Waals surface area contributed by atoms with Crippen LogP contribution in [-0.4, -0.2) is 17.5 Å². The predicted molar refractivity (Wildman–Crippen MR) is 113 cm³/mol. The van der Waals surface area contributed by atoms with Crippen LogP contribution in [0.2, 0.25) is 0 Å². The van der Waals surface area contributed by atoms with Gasteiger partial charge in [0, 0.05) is 28.3 Å². The second-order valence-corrected chi connectivity index (χ2v) is 6.36. The Morgan fingerprint density at radius 1 is 0.929 bits per heavy atom. The maximum Gasteiger partial charge on any atom is 0.255 e. The fourth-order valence-electron chi connectivity index (χ4n) is 3.09. The number of nitrogens with zero attached hydrogens (tertiary/aromatic N) is 1. The molecule has 138 valence electrons. The molecule has 0 radical (unpaired) electrons. The number of hydrogen-bond donors (Lipinski definition) is 1. The topological polar surface area (TPSA) is 51.2 Å². The van der Waals surface area contributed by atoms with Gasteiger partial charge in [0.05, 0.1) is 17.8 Å². The number of carbonyl (C=O) groups is 1. The zero-order valence-electron chi connectivity index (χ0n) is 15.6. The van der Waals surface area contributed by atoms with Crippen LogP contribution < -0.4 is 10.1 Å². The van der Waals surface area contributed by atoms with Crippen LogP contribution in [0.4, 0.5) is 5.69 Å². The number of carbonyl (C=O) groups excluding carboxylic acids is 1. The summed E-state index contributed by atoms with van der Waals surface area (Å²) in [5.74, 6) is 0.559. The van der Waals surface area contributed by atoms with Crippen LogP contribution in [0.1, 0.15) is 17.3 Å². The van der Waals surface area contributed by atoms with Crippen LogP contribution in [0.3, 0.4) is 0 Å². The van der Waals surface area contributed by atoms with Gasteiger partial charge in [0.25, 0.3) is 5.91 Å². The molecule has 0 atom stereocenters. The van der Waals surface area contributed by atoms with Crippen molar-refractivity contribution in [3.05, 3.63) is 90.5 Å². The predicted octanol–water partition coefficient (Wildman–Crippen LogP) is 5.55. The summed E-state index contributed by atoms with van der Waals surface area (Å²) in [6, 6.07) is 26.8. The molecule has 0 aliphatic rings. The number of fused-ring (bicyclic) bond motifs is 1. The number of amides is 1. The Bertz CT molecular complexity index is 1110. The Kier molecular flexibility index (Phi) is 5.02. The van der Waals surface area contributed by atoms with Crippen molar-refractivity contribution in [3.63, 3.8) is 0 Å². The summed E-state index contributed by atoms with van der Waals surface area (Å²) < 4.78 is 5.86. The number of rotatable bonds is 5. The minimum atomic E-state index is -0.164. The number of anilines is 1. The molecule has 1 heterocycles. The van der Waals surface area contributed by atoms with Crippen molar-refractivity contribution in [3.8, 4) is 17.0 Å². The Morgan fingerprint density at radius 2 is 1.64 bits per heavy atom. The standard InChI is InChI=1S/C24H20N2O2/c1-2-28-23-16-22(17-9-5-3-6-10-17)26-21-14-13-18(15-20(21)23)24(27)25-19-11-7-4-8-12-19/h3-16H,2H2,1H3,(H,25,27). The van der Waals surface area contributed by atoms with E-state index in [1.165, 1.54) is 0 Å². The number of nitrogens with one attached hydrogen (secondary N) is 1. The Labute approximate surface area is 163 Å². The lowest BCUT2D eigenvalue weighted by Gasteiger charge is -2.12. The molecule has 28 heavy (non-hydrogen) atoms. The average Bonchev–Trinajstić information content (AvgIpc) is 2.75. The molecular formula is C24H20N2O2. The van der Waals surface area contributed by atoms with Gasteiger partial charge >= 0.3 is 0 Å². The second-order valence-electron chi connectivity index (χ2n) is 6.36. The van der Waals surface area contributed by atoms with Gasteiger partial charge < -0.3 is 10.1 Å². The number of para-hydroxylation sites is 1. The summed E-state index contributed by atoms with van der Waals surface area (Å²) in [4.78, 5) is 17.4. The van der Waals surface area contributed by atoms with E-state index in [4.69, 9.17) is 9.72 Å². The molecule has 0 saturated heterocycles. The first-order valence-corrected chi connectivity index (χ1v) is 9.24. The zero-order valence-corrected chi connectivity index (χ0v) is 15.6. The average molecular weight is 368 g/mol. The SMILES string of the molecule is CCOc1cc(-c2ccccc2)nc2ccc(C(=O)Nc3ccccc3)cc12. The lowest BCUT2D eigenvalue weighted by Crippen LogP contribution is -2.11.